The molecule has 0 unspecified atom stereocenters. The molecule has 0 bridgehead atoms. The number of carbonyl (C=O) groups excluding carboxylic acids is 1. The van der Waals surface area contributed by atoms with Gasteiger partial charge in [-0.15, -0.1) is 0 Å². The monoisotopic (exact) mass is 232 g/mol. The number of hydrogen-bond donors (Lipinski definition) is 1. The summed E-state index contributed by atoms with van der Waals surface area (Å²) in [4.78, 5) is 15.4. The van der Waals surface area contributed by atoms with E-state index in [2.05, 4.69) is 21.1 Å². The van der Waals surface area contributed by atoms with Crippen LogP contribution < -0.4 is 5.32 Å². The Morgan fingerprint density at radius 2 is 2.41 bits per heavy atom. The number of hydrogen-bond acceptors (Lipinski definition) is 4. The summed E-state index contributed by atoms with van der Waals surface area (Å²) in [5.74, 6) is -0.203. The first kappa shape index (κ1) is 11.6. The number of para-hydroxylation sites is 1. The highest BCUT2D eigenvalue weighted by molar-refractivity contribution is 5.78. The van der Waals surface area contributed by atoms with Crippen molar-refractivity contribution in [1.29, 1.82) is 0 Å². The number of fused-ring (bicyclic) bond motifs is 1. The smallest absolute Gasteiger partial charge is 0.307 e. The average molecular weight is 232 g/mol. The highest BCUT2D eigenvalue weighted by Crippen LogP contribution is 2.32. The molecule has 4 nitrogen and oxygen atoms in total. The SMILES string of the molecule is COC(=O)CCNc1cccc2c1N=CCC2. The van der Waals surface area contributed by atoms with Gasteiger partial charge in [0.2, 0.25) is 0 Å². The van der Waals surface area contributed by atoms with Crippen LogP contribution in [0, 0.1) is 0 Å². The molecule has 17 heavy (non-hydrogen) atoms. The molecule has 1 aromatic rings. The number of ether oxygens (including phenoxy) is 1. The van der Waals surface area contributed by atoms with E-state index < -0.39 is 0 Å². The topological polar surface area (TPSA) is 50.7 Å². The van der Waals surface area contributed by atoms with Gasteiger partial charge in [-0.3, -0.25) is 9.79 Å². The molecular weight excluding hydrogens is 216 g/mol. The molecule has 0 saturated heterocycles. The second-order valence-electron chi connectivity index (χ2n) is 3.92. The van der Waals surface area contributed by atoms with E-state index in [1.54, 1.807) is 0 Å². The van der Waals surface area contributed by atoms with Crippen molar-refractivity contribution in [2.24, 2.45) is 4.99 Å². The van der Waals surface area contributed by atoms with Crippen LogP contribution in [0.2, 0.25) is 0 Å². The van der Waals surface area contributed by atoms with E-state index in [0.717, 1.165) is 24.2 Å². The summed E-state index contributed by atoms with van der Waals surface area (Å²) in [6, 6.07) is 6.09. The van der Waals surface area contributed by atoms with Crippen molar-refractivity contribution < 1.29 is 9.53 Å². The van der Waals surface area contributed by atoms with Crippen molar-refractivity contribution >= 4 is 23.6 Å². The highest BCUT2D eigenvalue weighted by Gasteiger charge is 2.10. The van der Waals surface area contributed by atoms with E-state index in [0.29, 0.717) is 13.0 Å². The summed E-state index contributed by atoms with van der Waals surface area (Å²) in [6.07, 6.45) is 4.33. The van der Waals surface area contributed by atoms with E-state index in [9.17, 15) is 4.79 Å². The molecule has 0 spiro atoms. The van der Waals surface area contributed by atoms with Gasteiger partial charge in [-0.05, 0) is 24.5 Å². The van der Waals surface area contributed by atoms with Crippen LogP contribution in [-0.4, -0.2) is 25.8 Å². The van der Waals surface area contributed by atoms with Crippen LogP contribution in [0.15, 0.2) is 23.2 Å². The molecule has 4 heteroatoms. The zero-order valence-electron chi connectivity index (χ0n) is 9.90. The number of esters is 1. The predicted molar refractivity (Wildman–Crippen MR) is 68.0 cm³/mol. The predicted octanol–water partition coefficient (Wildman–Crippen LogP) is 2.31. The third-order valence-electron chi connectivity index (χ3n) is 2.75. The molecule has 0 amide bonds. The molecule has 1 N–H and O–H groups in total. The van der Waals surface area contributed by atoms with E-state index in [1.165, 1.54) is 12.7 Å². The highest BCUT2D eigenvalue weighted by atomic mass is 16.5. The van der Waals surface area contributed by atoms with Gasteiger partial charge in [0.1, 0.15) is 0 Å². The number of aryl methyl sites for hydroxylation is 1. The maximum absolute atomic E-state index is 11.0. The molecule has 0 saturated carbocycles. The Hall–Kier alpha value is -1.84. The lowest BCUT2D eigenvalue weighted by atomic mass is 10.0. The van der Waals surface area contributed by atoms with Gasteiger partial charge in [0.15, 0.2) is 0 Å². The Morgan fingerprint density at radius 1 is 1.53 bits per heavy atom. The van der Waals surface area contributed by atoms with E-state index in [-0.39, 0.29) is 5.97 Å². The molecule has 1 aromatic carbocycles. The molecule has 0 radical (unpaired) electrons. The molecule has 0 aromatic heterocycles. The fourth-order valence-electron chi connectivity index (χ4n) is 1.87. The molecule has 0 atom stereocenters. The lowest BCUT2D eigenvalue weighted by molar-refractivity contribution is -0.140. The third-order valence-corrected chi connectivity index (χ3v) is 2.75. The van der Waals surface area contributed by atoms with Gasteiger partial charge in [-0.1, -0.05) is 12.1 Å². The first-order chi connectivity index (χ1) is 8.31. The number of aliphatic imine (C=N–C) groups is 1. The zero-order chi connectivity index (χ0) is 12.1. The number of anilines is 1. The Balaban J connectivity index is 2.02. The van der Waals surface area contributed by atoms with Gasteiger partial charge in [0, 0.05) is 12.8 Å². The fraction of sp³-hybridized carbons (Fsp3) is 0.385. The molecule has 1 heterocycles. The first-order valence-electron chi connectivity index (χ1n) is 5.76. The number of nitrogens with zero attached hydrogens (tertiary/aromatic N) is 1. The van der Waals surface area contributed by atoms with Gasteiger partial charge < -0.3 is 10.1 Å². The quantitative estimate of drug-likeness (QED) is 0.810. The molecule has 0 aliphatic carbocycles. The third kappa shape index (κ3) is 2.84. The number of methoxy groups -OCH3 is 1. The van der Waals surface area contributed by atoms with Crippen LogP contribution >= 0.6 is 0 Å². The molecule has 1 aliphatic rings. The van der Waals surface area contributed by atoms with Gasteiger partial charge >= 0.3 is 5.97 Å². The van der Waals surface area contributed by atoms with Gasteiger partial charge in [0.25, 0.3) is 0 Å². The van der Waals surface area contributed by atoms with Crippen LogP contribution in [0.5, 0.6) is 0 Å². The average Bonchev–Trinajstić information content (AvgIpc) is 2.39. The van der Waals surface area contributed by atoms with Crippen molar-refractivity contribution in [3.63, 3.8) is 0 Å². The minimum absolute atomic E-state index is 0.203. The van der Waals surface area contributed by atoms with Crippen molar-refractivity contribution in [2.75, 3.05) is 19.0 Å². The molecule has 90 valence electrons. The Kier molecular flexibility index (Phi) is 3.75. The van der Waals surface area contributed by atoms with E-state index in [4.69, 9.17) is 0 Å². The number of benzene rings is 1. The summed E-state index contributed by atoms with van der Waals surface area (Å²) in [5, 5.41) is 3.22. The first-order valence-corrected chi connectivity index (χ1v) is 5.76. The number of nitrogens with one attached hydrogen (secondary N) is 1. The second kappa shape index (κ2) is 5.48. The minimum Gasteiger partial charge on any atom is -0.469 e. The van der Waals surface area contributed by atoms with Crippen molar-refractivity contribution in [1.82, 2.24) is 0 Å². The molecular formula is C13H16N2O2. The fourth-order valence-corrected chi connectivity index (χ4v) is 1.87. The maximum Gasteiger partial charge on any atom is 0.307 e. The molecule has 2 rings (SSSR count). The maximum atomic E-state index is 11.0. The Morgan fingerprint density at radius 3 is 3.24 bits per heavy atom. The Labute approximate surface area is 101 Å². The zero-order valence-corrected chi connectivity index (χ0v) is 9.90. The lowest BCUT2D eigenvalue weighted by Gasteiger charge is -2.15. The van der Waals surface area contributed by atoms with Crippen molar-refractivity contribution in [3.8, 4) is 0 Å². The van der Waals surface area contributed by atoms with Crippen molar-refractivity contribution in [2.45, 2.75) is 19.3 Å². The molecule has 1 aliphatic heterocycles. The normalized spacial score (nSPS) is 13.0. The van der Waals surface area contributed by atoms with Crippen molar-refractivity contribution in [3.05, 3.63) is 23.8 Å². The van der Waals surface area contributed by atoms with Gasteiger partial charge in [-0.25, -0.2) is 0 Å². The van der Waals surface area contributed by atoms with Crippen LogP contribution in [0.4, 0.5) is 11.4 Å². The summed E-state index contributed by atoms with van der Waals surface area (Å²) in [6.45, 7) is 0.568. The number of carbonyl (C=O) groups is 1. The van der Waals surface area contributed by atoms with Crippen LogP contribution in [0.1, 0.15) is 18.4 Å². The van der Waals surface area contributed by atoms with E-state index in [1.807, 2.05) is 18.3 Å². The van der Waals surface area contributed by atoms with Crippen LogP contribution in [0.3, 0.4) is 0 Å². The lowest BCUT2D eigenvalue weighted by Crippen LogP contribution is -2.10. The summed E-state index contributed by atoms with van der Waals surface area (Å²) in [5.41, 5.74) is 3.25. The molecule has 0 fully saturated rings. The van der Waals surface area contributed by atoms with E-state index >= 15 is 0 Å². The Bertz CT molecular complexity index is 441. The second-order valence-corrected chi connectivity index (χ2v) is 3.92. The van der Waals surface area contributed by atoms with Gasteiger partial charge in [-0.2, -0.15) is 0 Å². The van der Waals surface area contributed by atoms with Crippen LogP contribution in [-0.2, 0) is 16.0 Å². The summed E-state index contributed by atoms with van der Waals surface area (Å²) in [7, 11) is 1.40. The largest absolute Gasteiger partial charge is 0.469 e. The van der Waals surface area contributed by atoms with Crippen LogP contribution in [0.25, 0.3) is 0 Å². The number of rotatable bonds is 4. The minimum atomic E-state index is -0.203. The standard InChI is InChI=1S/C13H16N2O2/c1-17-12(16)7-9-14-11-6-2-4-10-5-3-8-15-13(10)11/h2,4,6,8,14H,3,5,7,9H2,1H3. The summed E-state index contributed by atoms with van der Waals surface area (Å²) < 4.78 is 4.59. The summed E-state index contributed by atoms with van der Waals surface area (Å²) >= 11 is 0. The van der Waals surface area contributed by atoms with Gasteiger partial charge in [0.05, 0.1) is 24.9 Å².